The fourth-order valence-corrected chi connectivity index (χ4v) is 4.26. The average Bonchev–Trinajstić information content (AvgIpc) is 2.67. The number of halogens is 1. The molecule has 0 aliphatic heterocycles. The summed E-state index contributed by atoms with van der Waals surface area (Å²) in [5.74, 6) is -0.0110. The maximum Gasteiger partial charge on any atom is 0.146 e. The van der Waals surface area contributed by atoms with Crippen LogP contribution in [0.5, 0.6) is 0 Å². The summed E-state index contributed by atoms with van der Waals surface area (Å²) >= 11 is 6.23. The SMILES string of the molecule is CC(=O)C(Cc1ccccc1Cl)C(=O)C1CCC(c2ccccc2)CC1. The van der Waals surface area contributed by atoms with Crippen LogP contribution in [-0.2, 0) is 16.0 Å². The molecule has 2 aromatic rings. The van der Waals surface area contributed by atoms with Crippen molar-refractivity contribution in [2.24, 2.45) is 11.8 Å². The Morgan fingerprint density at radius 1 is 0.962 bits per heavy atom. The molecule has 0 amide bonds. The lowest BCUT2D eigenvalue weighted by Crippen LogP contribution is -2.32. The predicted octanol–water partition coefficient (Wildman–Crippen LogP) is 5.63. The van der Waals surface area contributed by atoms with Gasteiger partial charge in [-0.1, -0.05) is 60.1 Å². The van der Waals surface area contributed by atoms with E-state index in [4.69, 9.17) is 11.6 Å². The molecule has 136 valence electrons. The fraction of sp³-hybridized carbons (Fsp3) is 0.391. The van der Waals surface area contributed by atoms with Crippen LogP contribution in [0.15, 0.2) is 54.6 Å². The van der Waals surface area contributed by atoms with Crippen LogP contribution in [0.4, 0.5) is 0 Å². The highest BCUT2D eigenvalue weighted by molar-refractivity contribution is 6.31. The second-order valence-electron chi connectivity index (χ2n) is 7.32. The van der Waals surface area contributed by atoms with E-state index in [-0.39, 0.29) is 17.5 Å². The van der Waals surface area contributed by atoms with Gasteiger partial charge in [0, 0.05) is 10.9 Å². The van der Waals surface area contributed by atoms with Gasteiger partial charge in [-0.15, -0.1) is 0 Å². The van der Waals surface area contributed by atoms with E-state index >= 15 is 0 Å². The fourth-order valence-electron chi connectivity index (χ4n) is 4.05. The van der Waals surface area contributed by atoms with Gasteiger partial charge >= 0.3 is 0 Å². The van der Waals surface area contributed by atoms with Crippen LogP contribution < -0.4 is 0 Å². The van der Waals surface area contributed by atoms with Crippen LogP contribution in [0.25, 0.3) is 0 Å². The molecule has 0 bridgehead atoms. The Balaban J connectivity index is 1.65. The molecule has 0 aromatic heterocycles. The zero-order chi connectivity index (χ0) is 18.5. The van der Waals surface area contributed by atoms with Crippen molar-refractivity contribution in [3.63, 3.8) is 0 Å². The molecule has 1 unspecified atom stereocenters. The summed E-state index contributed by atoms with van der Waals surface area (Å²) in [6.07, 6.45) is 4.16. The van der Waals surface area contributed by atoms with Gasteiger partial charge in [-0.3, -0.25) is 9.59 Å². The molecular formula is C23H25ClO2. The Morgan fingerprint density at radius 3 is 2.19 bits per heavy atom. The molecule has 1 aliphatic carbocycles. The van der Waals surface area contributed by atoms with Crippen molar-refractivity contribution in [2.75, 3.05) is 0 Å². The molecule has 0 heterocycles. The van der Waals surface area contributed by atoms with Gasteiger partial charge in [-0.2, -0.15) is 0 Å². The average molecular weight is 369 g/mol. The minimum absolute atomic E-state index is 0.00801. The Bertz CT molecular complexity index is 761. The van der Waals surface area contributed by atoms with Crippen molar-refractivity contribution in [2.45, 2.75) is 44.9 Å². The summed E-state index contributed by atoms with van der Waals surface area (Å²) < 4.78 is 0. The Kier molecular flexibility index (Phi) is 6.26. The van der Waals surface area contributed by atoms with Gasteiger partial charge in [0.1, 0.15) is 11.6 Å². The van der Waals surface area contributed by atoms with Gasteiger partial charge in [0.15, 0.2) is 0 Å². The van der Waals surface area contributed by atoms with Crippen LogP contribution in [0.1, 0.15) is 49.7 Å². The molecule has 0 saturated heterocycles. The second-order valence-corrected chi connectivity index (χ2v) is 7.73. The lowest BCUT2D eigenvalue weighted by Gasteiger charge is -2.30. The summed E-state index contributed by atoms with van der Waals surface area (Å²) in [6.45, 7) is 1.52. The van der Waals surface area contributed by atoms with E-state index < -0.39 is 5.92 Å². The normalized spacial score (nSPS) is 21.2. The molecular weight excluding hydrogens is 344 g/mol. The van der Waals surface area contributed by atoms with Crippen molar-refractivity contribution < 1.29 is 9.59 Å². The number of Topliss-reactive ketones (excluding diaryl/α,β-unsaturated/α-hetero) is 2. The minimum Gasteiger partial charge on any atom is -0.299 e. The van der Waals surface area contributed by atoms with Gasteiger partial charge in [0.2, 0.25) is 0 Å². The number of benzene rings is 2. The van der Waals surface area contributed by atoms with Crippen LogP contribution >= 0.6 is 11.6 Å². The molecule has 1 saturated carbocycles. The molecule has 2 aromatic carbocycles. The van der Waals surface area contributed by atoms with E-state index in [0.29, 0.717) is 17.4 Å². The van der Waals surface area contributed by atoms with Crippen molar-refractivity contribution >= 4 is 23.2 Å². The second kappa shape index (κ2) is 8.64. The van der Waals surface area contributed by atoms with Gasteiger partial charge < -0.3 is 0 Å². The number of ketones is 2. The van der Waals surface area contributed by atoms with Gasteiger partial charge in [0.05, 0.1) is 5.92 Å². The molecule has 1 fully saturated rings. The summed E-state index contributed by atoms with van der Waals surface area (Å²) in [5.41, 5.74) is 2.23. The van der Waals surface area contributed by atoms with Crippen molar-refractivity contribution in [1.82, 2.24) is 0 Å². The van der Waals surface area contributed by atoms with Crippen molar-refractivity contribution in [3.05, 3.63) is 70.7 Å². The lowest BCUT2D eigenvalue weighted by molar-refractivity contribution is -0.134. The molecule has 26 heavy (non-hydrogen) atoms. The van der Waals surface area contributed by atoms with Crippen LogP contribution in [0.2, 0.25) is 5.02 Å². The molecule has 1 atom stereocenters. The quantitative estimate of drug-likeness (QED) is 0.619. The zero-order valence-corrected chi connectivity index (χ0v) is 15.9. The predicted molar refractivity (Wildman–Crippen MR) is 105 cm³/mol. The molecule has 0 spiro atoms. The first-order valence-electron chi connectivity index (χ1n) is 9.38. The number of rotatable bonds is 6. The van der Waals surface area contributed by atoms with Gasteiger partial charge in [0.25, 0.3) is 0 Å². The zero-order valence-electron chi connectivity index (χ0n) is 15.2. The number of hydrogen-bond acceptors (Lipinski definition) is 2. The van der Waals surface area contributed by atoms with Gasteiger partial charge in [-0.25, -0.2) is 0 Å². The molecule has 2 nitrogen and oxygen atoms in total. The first-order chi connectivity index (χ1) is 12.6. The van der Waals surface area contributed by atoms with E-state index in [1.54, 1.807) is 0 Å². The summed E-state index contributed by atoms with van der Waals surface area (Å²) in [5, 5.41) is 0.624. The molecule has 0 radical (unpaired) electrons. The largest absolute Gasteiger partial charge is 0.299 e. The third kappa shape index (κ3) is 4.42. The third-order valence-corrected chi connectivity index (χ3v) is 5.99. The smallest absolute Gasteiger partial charge is 0.146 e. The first-order valence-corrected chi connectivity index (χ1v) is 9.76. The highest BCUT2D eigenvalue weighted by Gasteiger charge is 2.33. The van der Waals surface area contributed by atoms with Crippen LogP contribution in [0.3, 0.4) is 0 Å². The van der Waals surface area contributed by atoms with E-state index in [1.807, 2.05) is 30.3 Å². The number of hydrogen-bond donors (Lipinski definition) is 0. The minimum atomic E-state index is -0.576. The monoisotopic (exact) mass is 368 g/mol. The Morgan fingerprint density at radius 2 is 1.58 bits per heavy atom. The maximum atomic E-state index is 13.0. The number of carbonyl (C=O) groups is 2. The first kappa shape index (κ1) is 18.8. The van der Waals surface area contributed by atoms with E-state index in [1.165, 1.54) is 12.5 Å². The van der Waals surface area contributed by atoms with Crippen LogP contribution in [0, 0.1) is 11.8 Å². The molecule has 0 N–H and O–H groups in total. The van der Waals surface area contributed by atoms with Crippen molar-refractivity contribution in [1.29, 1.82) is 0 Å². The number of carbonyl (C=O) groups excluding carboxylic acids is 2. The van der Waals surface area contributed by atoms with E-state index in [2.05, 4.69) is 24.3 Å². The Labute approximate surface area is 160 Å². The summed E-state index contributed by atoms with van der Waals surface area (Å²) in [4.78, 5) is 25.2. The summed E-state index contributed by atoms with van der Waals surface area (Å²) in [7, 11) is 0. The highest BCUT2D eigenvalue weighted by Crippen LogP contribution is 2.37. The van der Waals surface area contributed by atoms with E-state index in [0.717, 1.165) is 31.2 Å². The molecule has 3 rings (SSSR count). The standard InChI is InChI=1S/C23H25ClO2/c1-16(25)21(15-20-9-5-6-10-22(20)24)23(26)19-13-11-18(12-14-19)17-7-3-2-4-8-17/h2-10,18-19,21H,11-15H2,1H3. The summed E-state index contributed by atoms with van der Waals surface area (Å²) in [6, 6.07) is 18.0. The Hall–Kier alpha value is -1.93. The molecule has 1 aliphatic rings. The third-order valence-electron chi connectivity index (χ3n) is 5.62. The van der Waals surface area contributed by atoms with E-state index in [9.17, 15) is 9.59 Å². The maximum absolute atomic E-state index is 13.0. The van der Waals surface area contributed by atoms with Crippen LogP contribution in [-0.4, -0.2) is 11.6 Å². The highest BCUT2D eigenvalue weighted by atomic mass is 35.5. The van der Waals surface area contributed by atoms with Gasteiger partial charge in [-0.05, 0) is 62.1 Å². The molecule has 3 heteroatoms. The van der Waals surface area contributed by atoms with Crippen molar-refractivity contribution in [3.8, 4) is 0 Å². The lowest BCUT2D eigenvalue weighted by atomic mass is 9.73. The topological polar surface area (TPSA) is 34.1 Å².